The van der Waals surface area contributed by atoms with Crippen LogP contribution in [0.2, 0.25) is 0 Å². The lowest BCUT2D eigenvalue weighted by Gasteiger charge is -2.37. The van der Waals surface area contributed by atoms with Gasteiger partial charge in [0.1, 0.15) is 5.75 Å². The number of likely N-dealkylation sites (N-methyl/N-ethyl adjacent to an activating group) is 1. The normalized spacial score (nSPS) is 15.4. The quantitative estimate of drug-likeness (QED) is 0.414. The SMILES string of the molecule is CN(C)CC1c2[nH]c3ccccc3c2CCN1C(=O)Cc1ccc(C(=O)c2ccc(O)cc2)cc1. The van der Waals surface area contributed by atoms with Crippen molar-refractivity contribution in [3.05, 3.63) is 101 Å². The number of hydrogen-bond acceptors (Lipinski definition) is 4. The van der Waals surface area contributed by atoms with Gasteiger partial charge in [-0.3, -0.25) is 9.59 Å². The molecule has 3 aromatic carbocycles. The number of aromatic hydroxyl groups is 1. The van der Waals surface area contributed by atoms with E-state index in [-0.39, 0.29) is 29.9 Å². The molecule has 1 amide bonds. The van der Waals surface area contributed by atoms with Crippen LogP contribution in [0, 0.1) is 0 Å². The van der Waals surface area contributed by atoms with E-state index < -0.39 is 0 Å². The van der Waals surface area contributed by atoms with E-state index >= 15 is 0 Å². The number of para-hydroxylation sites is 1. The van der Waals surface area contributed by atoms with E-state index in [2.05, 4.69) is 28.1 Å². The fourth-order valence-electron chi connectivity index (χ4n) is 4.98. The lowest BCUT2D eigenvalue weighted by atomic mass is 9.95. The highest BCUT2D eigenvalue weighted by molar-refractivity contribution is 6.09. The fourth-order valence-corrected chi connectivity index (χ4v) is 4.98. The van der Waals surface area contributed by atoms with Crippen LogP contribution in [0.25, 0.3) is 10.9 Å². The smallest absolute Gasteiger partial charge is 0.227 e. The minimum atomic E-state index is -0.115. The number of carbonyl (C=O) groups excluding carboxylic acids is 2. The highest BCUT2D eigenvalue weighted by Gasteiger charge is 2.33. The second-order valence-electron chi connectivity index (χ2n) is 9.43. The number of phenols is 1. The van der Waals surface area contributed by atoms with Gasteiger partial charge in [0.25, 0.3) is 0 Å². The van der Waals surface area contributed by atoms with Gasteiger partial charge >= 0.3 is 0 Å². The molecule has 6 nitrogen and oxygen atoms in total. The van der Waals surface area contributed by atoms with Gasteiger partial charge in [-0.2, -0.15) is 0 Å². The number of nitrogens with one attached hydrogen (secondary N) is 1. The van der Waals surface area contributed by atoms with E-state index in [1.165, 1.54) is 23.1 Å². The monoisotopic (exact) mass is 467 g/mol. The first-order chi connectivity index (χ1) is 16.9. The van der Waals surface area contributed by atoms with Gasteiger partial charge in [0.2, 0.25) is 5.91 Å². The minimum absolute atomic E-state index is 0.0380. The first kappa shape index (κ1) is 22.9. The topological polar surface area (TPSA) is 76.6 Å². The highest BCUT2D eigenvalue weighted by atomic mass is 16.3. The van der Waals surface area contributed by atoms with E-state index in [1.54, 1.807) is 24.3 Å². The maximum Gasteiger partial charge on any atom is 0.227 e. The zero-order chi connectivity index (χ0) is 24.5. The predicted octanol–water partition coefficient (Wildman–Crippen LogP) is 4.33. The average Bonchev–Trinajstić information content (AvgIpc) is 3.24. The number of amides is 1. The Morgan fingerprint density at radius 2 is 1.63 bits per heavy atom. The third-order valence-electron chi connectivity index (χ3n) is 6.72. The van der Waals surface area contributed by atoms with Crippen molar-refractivity contribution in [3.8, 4) is 5.75 Å². The van der Waals surface area contributed by atoms with Gasteiger partial charge in [-0.1, -0.05) is 42.5 Å². The van der Waals surface area contributed by atoms with Gasteiger partial charge in [0, 0.05) is 40.8 Å². The van der Waals surface area contributed by atoms with Crippen LogP contribution < -0.4 is 0 Å². The largest absolute Gasteiger partial charge is 0.508 e. The number of H-pyrrole nitrogens is 1. The molecule has 0 spiro atoms. The molecule has 0 aliphatic carbocycles. The van der Waals surface area contributed by atoms with Gasteiger partial charge in [-0.05, 0) is 62.0 Å². The Kier molecular flexibility index (Phi) is 6.14. The molecule has 0 fully saturated rings. The number of aromatic amines is 1. The number of nitrogens with zero attached hydrogens (tertiary/aromatic N) is 2. The zero-order valence-corrected chi connectivity index (χ0v) is 20.0. The van der Waals surface area contributed by atoms with Crippen LogP contribution in [0.1, 0.15) is 38.8 Å². The average molecular weight is 468 g/mol. The number of hydrogen-bond donors (Lipinski definition) is 2. The summed E-state index contributed by atoms with van der Waals surface area (Å²) in [5.74, 6) is 0.0929. The second-order valence-corrected chi connectivity index (χ2v) is 9.43. The summed E-state index contributed by atoms with van der Waals surface area (Å²) in [4.78, 5) is 33.9. The minimum Gasteiger partial charge on any atom is -0.508 e. The molecule has 6 heteroatoms. The van der Waals surface area contributed by atoms with Crippen LogP contribution >= 0.6 is 0 Å². The predicted molar refractivity (Wildman–Crippen MR) is 137 cm³/mol. The number of carbonyl (C=O) groups is 2. The molecule has 35 heavy (non-hydrogen) atoms. The first-order valence-electron chi connectivity index (χ1n) is 11.9. The zero-order valence-electron chi connectivity index (χ0n) is 20.0. The van der Waals surface area contributed by atoms with Gasteiger partial charge in [-0.15, -0.1) is 0 Å². The highest BCUT2D eigenvalue weighted by Crippen LogP contribution is 2.35. The number of rotatable bonds is 6. The Labute approximate surface area is 204 Å². The molecule has 2 heterocycles. The van der Waals surface area contributed by atoms with Crippen LogP contribution in [0.3, 0.4) is 0 Å². The van der Waals surface area contributed by atoms with Crippen molar-refractivity contribution in [2.75, 3.05) is 27.2 Å². The molecular weight excluding hydrogens is 438 g/mol. The van der Waals surface area contributed by atoms with Gasteiger partial charge in [0.05, 0.1) is 12.5 Å². The van der Waals surface area contributed by atoms with Gasteiger partial charge < -0.3 is 19.9 Å². The molecular formula is C29H29N3O3. The van der Waals surface area contributed by atoms with E-state index in [0.29, 0.717) is 17.7 Å². The van der Waals surface area contributed by atoms with Crippen molar-refractivity contribution in [1.29, 1.82) is 0 Å². The number of ketones is 1. The van der Waals surface area contributed by atoms with Crippen LogP contribution in [0.15, 0.2) is 72.8 Å². The molecule has 0 saturated carbocycles. The molecule has 1 unspecified atom stereocenters. The van der Waals surface area contributed by atoms with Crippen LogP contribution in [-0.4, -0.2) is 58.8 Å². The molecule has 1 aromatic heterocycles. The summed E-state index contributed by atoms with van der Waals surface area (Å²) in [6.45, 7) is 1.43. The van der Waals surface area contributed by atoms with Gasteiger partial charge in [-0.25, -0.2) is 0 Å². The van der Waals surface area contributed by atoms with Crippen LogP contribution in [0.4, 0.5) is 0 Å². The fraction of sp³-hybridized carbons (Fsp3) is 0.241. The molecule has 1 atom stereocenters. The van der Waals surface area contributed by atoms with Crippen molar-refractivity contribution in [1.82, 2.24) is 14.8 Å². The molecule has 0 radical (unpaired) electrons. The summed E-state index contributed by atoms with van der Waals surface area (Å²) in [5, 5.41) is 10.7. The van der Waals surface area contributed by atoms with Crippen molar-refractivity contribution in [3.63, 3.8) is 0 Å². The summed E-state index contributed by atoms with van der Waals surface area (Å²) >= 11 is 0. The molecule has 2 N–H and O–H groups in total. The van der Waals surface area contributed by atoms with Gasteiger partial charge in [0.15, 0.2) is 5.78 Å². The molecule has 4 aromatic rings. The summed E-state index contributed by atoms with van der Waals surface area (Å²) in [5.41, 5.74) is 5.51. The van der Waals surface area contributed by atoms with E-state index in [1.807, 2.05) is 37.2 Å². The maximum absolute atomic E-state index is 13.5. The number of benzene rings is 3. The maximum atomic E-state index is 13.5. The summed E-state index contributed by atoms with van der Waals surface area (Å²) in [6.07, 6.45) is 1.11. The standard InChI is InChI=1S/C29H29N3O3/c1-31(2)18-26-28-24(23-5-3-4-6-25(23)30-28)15-16-32(26)27(34)17-19-7-9-20(10-8-19)29(35)21-11-13-22(33)14-12-21/h3-14,26,30,33H,15-18H2,1-2H3. The molecule has 0 bridgehead atoms. The van der Waals surface area contributed by atoms with Crippen molar-refractivity contribution >= 4 is 22.6 Å². The Bertz CT molecular complexity index is 1370. The third-order valence-corrected chi connectivity index (χ3v) is 6.72. The lowest BCUT2D eigenvalue weighted by Crippen LogP contribution is -2.44. The van der Waals surface area contributed by atoms with Crippen molar-refractivity contribution in [2.24, 2.45) is 0 Å². The number of phenolic OH excluding ortho intramolecular Hbond substituents is 1. The lowest BCUT2D eigenvalue weighted by molar-refractivity contribution is -0.133. The number of aromatic nitrogens is 1. The van der Waals surface area contributed by atoms with E-state index in [4.69, 9.17) is 0 Å². The first-order valence-corrected chi connectivity index (χ1v) is 11.9. The summed E-state index contributed by atoms with van der Waals surface area (Å²) < 4.78 is 0. The van der Waals surface area contributed by atoms with E-state index in [9.17, 15) is 14.7 Å². The summed E-state index contributed by atoms with van der Waals surface area (Å²) in [7, 11) is 4.06. The summed E-state index contributed by atoms with van der Waals surface area (Å²) in [6, 6.07) is 21.7. The Morgan fingerprint density at radius 1 is 0.971 bits per heavy atom. The number of fused-ring (bicyclic) bond motifs is 3. The second kappa shape index (κ2) is 9.39. The van der Waals surface area contributed by atoms with Crippen molar-refractivity contribution in [2.45, 2.75) is 18.9 Å². The van der Waals surface area contributed by atoms with Crippen LogP contribution in [-0.2, 0) is 17.6 Å². The molecule has 1 aliphatic rings. The third kappa shape index (κ3) is 4.57. The molecule has 5 rings (SSSR count). The molecule has 0 saturated heterocycles. The Hall–Kier alpha value is -3.90. The molecule has 178 valence electrons. The van der Waals surface area contributed by atoms with Crippen molar-refractivity contribution < 1.29 is 14.7 Å². The van der Waals surface area contributed by atoms with E-state index in [0.717, 1.165) is 29.7 Å². The Balaban J connectivity index is 1.34. The Morgan fingerprint density at radius 3 is 2.31 bits per heavy atom. The van der Waals surface area contributed by atoms with Crippen LogP contribution in [0.5, 0.6) is 5.75 Å². The molecule has 1 aliphatic heterocycles.